The van der Waals surface area contributed by atoms with Gasteiger partial charge in [0.05, 0.1) is 5.88 Å². The van der Waals surface area contributed by atoms with Crippen molar-refractivity contribution in [2.75, 3.05) is 0 Å². The largest absolute Gasteiger partial charge is 0.121 e. The Balaban J connectivity index is 3.44. The minimum absolute atomic E-state index is 0.162. The maximum atomic E-state index is 5.57. The fourth-order valence-electron chi connectivity index (χ4n) is 0.529. The number of allylic oxidation sites excluding steroid dienone is 1. The predicted molar refractivity (Wildman–Crippen MR) is 43.4 cm³/mol. The molecule has 0 aliphatic heterocycles. The SMILES string of the molecule is C=CCCC(C)(C)[CH]Cl. The number of rotatable bonds is 4. The third-order valence-corrected chi connectivity index (χ3v) is 1.88. The molecule has 0 aromatic heterocycles. The average molecular weight is 146 g/mol. The molecule has 0 saturated carbocycles. The zero-order valence-corrected chi connectivity index (χ0v) is 6.91. The Hall–Kier alpha value is 0.0300. The van der Waals surface area contributed by atoms with Gasteiger partial charge in [-0.25, -0.2) is 0 Å². The second-order valence-corrected chi connectivity index (χ2v) is 3.14. The van der Waals surface area contributed by atoms with Gasteiger partial charge in [-0.05, 0) is 18.3 Å². The first-order valence-electron chi connectivity index (χ1n) is 3.18. The van der Waals surface area contributed by atoms with E-state index in [1.54, 1.807) is 5.88 Å². The van der Waals surface area contributed by atoms with Crippen LogP contribution in [0.15, 0.2) is 12.7 Å². The lowest BCUT2D eigenvalue weighted by molar-refractivity contribution is 0.426. The summed E-state index contributed by atoms with van der Waals surface area (Å²) in [5.41, 5.74) is 0.162. The van der Waals surface area contributed by atoms with Crippen LogP contribution in [0.25, 0.3) is 0 Å². The molecular weight excluding hydrogens is 132 g/mol. The molecule has 0 saturated heterocycles. The molecule has 0 aromatic carbocycles. The zero-order valence-electron chi connectivity index (χ0n) is 6.15. The van der Waals surface area contributed by atoms with Crippen molar-refractivity contribution >= 4 is 11.6 Å². The lowest BCUT2D eigenvalue weighted by atomic mass is 9.90. The summed E-state index contributed by atoms with van der Waals surface area (Å²) in [4.78, 5) is 0. The molecule has 0 atom stereocenters. The average Bonchev–Trinajstić information content (AvgIpc) is 1.84. The Morgan fingerprint density at radius 2 is 2.11 bits per heavy atom. The second kappa shape index (κ2) is 3.94. The molecule has 0 aliphatic rings. The van der Waals surface area contributed by atoms with Gasteiger partial charge in [-0.15, -0.1) is 18.2 Å². The first-order chi connectivity index (χ1) is 4.12. The molecule has 0 fully saturated rings. The van der Waals surface area contributed by atoms with Gasteiger partial charge in [0.1, 0.15) is 0 Å². The molecule has 0 aliphatic carbocycles. The third-order valence-electron chi connectivity index (χ3n) is 1.29. The van der Waals surface area contributed by atoms with Gasteiger partial charge < -0.3 is 0 Å². The van der Waals surface area contributed by atoms with Crippen LogP contribution in [0.5, 0.6) is 0 Å². The van der Waals surface area contributed by atoms with E-state index < -0.39 is 0 Å². The number of halogens is 1. The zero-order chi connectivity index (χ0) is 7.33. The Morgan fingerprint density at radius 1 is 1.56 bits per heavy atom. The van der Waals surface area contributed by atoms with Gasteiger partial charge in [0, 0.05) is 0 Å². The van der Waals surface area contributed by atoms with Crippen LogP contribution in [0.2, 0.25) is 0 Å². The van der Waals surface area contributed by atoms with Gasteiger partial charge in [0.25, 0.3) is 0 Å². The van der Waals surface area contributed by atoms with Crippen molar-refractivity contribution in [3.05, 3.63) is 18.5 Å². The molecule has 0 amide bonds. The Bertz CT molecular complexity index is 84.6. The normalized spacial score (nSPS) is 11.4. The summed E-state index contributed by atoms with van der Waals surface area (Å²) in [6.45, 7) is 7.87. The molecule has 9 heavy (non-hydrogen) atoms. The highest BCUT2D eigenvalue weighted by Crippen LogP contribution is 2.27. The van der Waals surface area contributed by atoms with E-state index in [2.05, 4.69) is 20.4 Å². The molecule has 0 spiro atoms. The van der Waals surface area contributed by atoms with Crippen LogP contribution in [0.3, 0.4) is 0 Å². The monoisotopic (exact) mass is 145 g/mol. The fraction of sp³-hybridized carbons (Fsp3) is 0.625. The minimum Gasteiger partial charge on any atom is -0.121 e. The quantitative estimate of drug-likeness (QED) is 0.532. The summed E-state index contributed by atoms with van der Waals surface area (Å²) in [7, 11) is 0. The molecule has 0 aromatic rings. The Labute approximate surface area is 62.9 Å². The van der Waals surface area contributed by atoms with Crippen LogP contribution in [-0.2, 0) is 0 Å². The molecule has 0 bridgehead atoms. The van der Waals surface area contributed by atoms with E-state index in [1.165, 1.54) is 0 Å². The molecule has 0 N–H and O–H groups in total. The molecule has 1 radical (unpaired) electrons. The van der Waals surface area contributed by atoms with Crippen molar-refractivity contribution in [1.82, 2.24) is 0 Å². The van der Waals surface area contributed by atoms with Crippen molar-refractivity contribution in [2.24, 2.45) is 5.41 Å². The van der Waals surface area contributed by atoms with Gasteiger partial charge in [-0.1, -0.05) is 19.9 Å². The summed E-state index contributed by atoms with van der Waals surface area (Å²) >= 11 is 5.57. The molecule has 0 unspecified atom stereocenters. The van der Waals surface area contributed by atoms with Crippen LogP contribution in [0, 0.1) is 11.3 Å². The minimum atomic E-state index is 0.162. The summed E-state index contributed by atoms with van der Waals surface area (Å²) in [5.74, 6) is 1.72. The first kappa shape index (κ1) is 9.03. The number of hydrogen-bond donors (Lipinski definition) is 0. The van der Waals surface area contributed by atoms with Crippen LogP contribution in [0.4, 0.5) is 0 Å². The van der Waals surface area contributed by atoms with Gasteiger partial charge in [0.15, 0.2) is 0 Å². The van der Waals surface area contributed by atoms with E-state index in [1.807, 2.05) is 6.08 Å². The maximum Gasteiger partial charge on any atom is 0.0556 e. The highest BCUT2D eigenvalue weighted by atomic mass is 35.5. The summed E-state index contributed by atoms with van der Waals surface area (Å²) in [6.07, 6.45) is 4.04. The molecule has 0 heterocycles. The van der Waals surface area contributed by atoms with Crippen LogP contribution < -0.4 is 0 Å². The number of hydrogen-bond acceptors (Lipinski definition) is 0. The van der Waals surface area contributed by atoms with Crippen molar-refractivity contribution in [3.8, 4) is 0 Å². The van der Waals surface area contributed by atoms with Crippen molar-refractivity contribution < 1.29 is 0 Å². The topological polar surface area (TPSA) is 0 Å². The summed E-state index contributed by atoms with van der Waals surface area (Å²) in [5, 5.41) is 0. The van der Waals surface area contributed by atoms with E-state index in [0.717, 1.165) is 12.8 Å². The fourth-order valence-corrected chi connectivity index (χ4v) is 0.638. The third kappa shape index (κ3) is 4.53. The maximum absolute atomic E-state index is 5.57. The van der Waals surface area contributed by atoms with Gasteiger partial charge in [-0.3, -0.25) is 0 Å². The van der Waals surface area contributed by atoms with Crippen molar-refractivity contribution in [1.29, 1.82) is 0 Å². The smallest absolute Gasteiger partial charge is 0.0556 e. The molecule has 53 valence electrons. The van der Waals surface area contributed by atoms with E-state index in [-0.39, 0.29) is 5.41 Å². The summed E-state index contributed by atoms with van der Waals surface area (Å²) in [6, 6.07) is 0. The highest BCUT2D eigenvalue weighted by molar-refractivity contribution is 6.23. The highest BCUT2D eigenvalue weighted by Gasteiger charge is 2.14. The molecule has 0 nitrogen and oxygen atoms in total. The van der Waals surface area contributed by atoms with Crippen LogP contribution >= 0.6 is 11.6 Å². The Kier molecular flexibility index (Phi) is 3.96. The van der Waals surface area contributed by atoms with Gasteiger partial charge in [-0.2, -0.15) is 0 Å². The Morgan fingerprint density at radius 3 is 2.44 bits per heavy atom. The van der Waals surface area contributed by atoms with Crippen molar-refractivity contribution in [3.63, 3.8) is 0 Å². The second-order valence-electron chi connectivity index (χ2n) is 2.93. The van der Waals surface area contributed by atoms with E-state index in [0.29, 0.717) is 0 Å². The van der Waals surface area contributed by atoms with Crippen molar-refractivity contribution in [2.45, 2.75) is 26.7 Å². The lowest BCUT2D eigenvalue weighted by Crippen LogP contribution is -2.07. The summed E-state index contributed by atoms with van der Waals surface area (Å²) < 4.78 is 0. The van der Waals surface area contributed by atoms with Gasteiger partial charge >= 0.3 is 0 Å². The van der Waals surface area contributed by atoms with Crippen LogP contribution in [-0.4, -0.2) is 0 Å². The molecular formula is C8H14Cl. The van der Waals surface area contributed by atoms with E-state index >= 15 is 0 Å². The standard InChI is InChI=1S/C8H14Cl/c1-4-5-6-8(2,3)7-9/h4,7H,1,5-6H2,2-3H3. The molecule has 0 rings (SSSR count). The van der Waals surface area contributed by atoms with E-state index in [9.17, 15) is 0 Å². The van der Waals surface area contributed by atoms with Crippen LogP contribution in [0.1, 0.15) is 26.7 Å². The van der Waals surface area contributed by atoms with Gasteiger partial charge in [0.2, 0.25) is 0 Å². The lowest BCUT2D eigenvalue weighted by Gasteiger charge is -2.18. The first-order valence-corrected chi connectivity index (χ1v) is 3.61. The molecule has 1 heteroatoms. The predicted octanol–water partition coefficient (Wildman–Crippen LogP) is 3.38. The van der Waals surface area contributed by atoms with E-state index in [4.69, 9.17) is 11.6 Å².